The van der Waals surface area contributed by atoms with Crippen molar-refractivity contribution in [3.05, 3.63) is 194 Å². The Morgan fingerprint density at radius 3 is 0.879 bits per heavy atom. The van der Waals surface area contributed by atoms with Crippen molar-refractivity contribution in [1.82, 2.24) is 45.3 Å². The summed E-state index contributed by atoms with van der Waals surface area (Å²) < 4.78 is 157. The lowest BCUT2D eigenvalue weighted by atomic mass is 10.0. The molecule has 9 aliphatic heterocycles. The van der Waals surface area contributed by atoms with E-state index >= 15 is 0 Å². The second kappa shape index (κ2) is 31.4. The van der Waals surface area contributed by atoms with Gasteiger partial charge in [-0.3, -0.25) is 73.8 Å². The van der Waals surface area contributed by atoms with Crippen molar-refractivity contribution in [3.63, 3.8) is 0 Å². The number of fused-ring (bicyclic) bond motifs is 3. The third-order valence-electron chi connectivity index (χ3n) is 17.6. The Balaban J connectivity index is 0.000000149. The Hall–Kier alpha value is -9.69. The number of hydrogen-bond donors (Lipinski definition) is 3. The summed E-state index contributed by atoms with van der Waals surface area (Å²) in [5.74, 6) is -10.1. The number of piperidine rings is 3. The SMILES string of the molecule is [2H]C1([2H])C(=O)NC(=O)C([2H])(N2Cc3c(OCc4ccc(CN5CCOCC5)cc4)cccc3C2=O)C1([2H])[2H].[2H]C1([2H])C(=O)NC(=O)[C@@]([2H])(N2Cc3c(OCc4ccc(CN5CCOCC5)cc4)cccc3C2=O)C1([2H])[2H].[2H]C1([2H])C(=O)NC(=O)[C@]([2H])(N2Cc3c(OCc4ccc(CN5CCOCC5)cc4)cccc3C2=O)C1([2H])[2H]. The zero-order chi connectivity index (χ0) is 81.9. The fourth-order valence-corrected chi connectivity index (χ4v) is 12.3. The Kier molecular flexibility index (Phi) is 16.4. The zero-order valence-corrected chi connectivity index (χ0v) is 53.8. The fraction of sp³-hybridized carbons (Fsp3) is 0.400. The molecule has 0 radical (unpaired) electrons. The van der Waals surface area contributed by atoms with Crippen molar-refractivity contribution in [2.45, 2.75) is 115 Å². The van der Waals surface area contributed by atoms with Gasteiger partial charge in [-0.1, -0.05) is 91.0 Å². The molecule has 6 saturated heterocycles. The number of carbonyl (C=O) groups excluding carboxylic acids is 9. The van der Waals surface area contributed by atoms with Crippen LogP contribution in [0.25, 0.3) is 0 Å². The maximum absolute atomic E-state index is 13.2. The van der Waals surface area contributed by atoms with Gasteiger partial charge >= 0.3 is 0 Å². The molecule has 15 rings (SSSR count). The van der Waals surface area contributed by atoms with E-state index in [-0.39, 0.29) is 56.1 Å². The van der Waals surface area contributed by atoms with E-state index in [9.17, 15) is 43.2 Å². The highest BCUT2D eigenvalue weighted by Gasteiger charge is 2.43. The van der Waals surface area contributed by atoms with Crippen LogP contribution in [0.3, 0.4) is 0 Å². The number of imide groups is 3. The molecule has 9 aliphatic rings. The first-order valence-corrected chi connectivity index (χ1v) is 32.3. The van der Waals surface area contributed by atoms with Crippen molar-refractivity contribution in [3.8, 4) is 17.2 Å². The first-order valence-electron chi connectivity index (χ1n) is 39.8. The third-order valence-corrected chi connectivity index (χ3v) is 17.6. The summed E-state index contributed by atoms with van der Waals surface area (Å²) in [7, 11) is 0. The van der Waals surface area contributed by atoms with Crippen LogP contribution < -0.4 is 30.2 Å². The van der Waals surface area contributed by atoms with E-state index in [1.54, 1.807) is 52.3 Å². The number of amides is 9. The zero-order valence-electron chi connectivity index (χ0n) is 68.8. The number of nitrogens with one attached hydrogen (secondary N) is 3. The highest BCUT2D eigenvalue weighted by molar-refractivity contribution is 6.08. The van der Waals surface area contributed by atoms with Crippen LogP contribution in [0.5, 0.6) is 17.2 Å². The van der Waals surface area contributed by atoms with E-state index < -0.39 is 109 Å². The largest absolute Gasteiger partial charge is 0.489 e. The first kappa shape index (κ1) is 51.5. The summed E-state index contributed by atoms with van der Waals surface area (Å²) in [6.45, 7) is 11.7. The quantitative estimate of drug-likeness (QED) is 0.0887. The number of morpholine rings is 3. The lowest BCUT2D eigenvalue weighted by Crippen LogP contribution is -2.52. The van der Waals surface area contributed by atoms with Gasteiger partial charge < -0.3 is 43.1 Å². The summed E-state index contributed by atoms with van der Waals surface area (Å²) in [6.07, 6.45) is -19.6. The van der Waals surface area contributed by atoms with Crippen LogP contribution >= 0.6 is 0 Å². The van der Waals surface area contributed by atoms with E-state index in [1.807, 2.05) is 72.8 Å². The number of rotatable bonds is 18. The summed E-state index contributed by atoms with van der Waals surface area (Å²) in [6, 6.07) is 28.9. The van der Waals surface area contributed by atoms with Gasteiger partial charge in [-0.25, -0.2) is 0 Å². The number of hydrogen-bond acceptors (Lipinski definition) is 18. The van der Waals surface area contributed by atoms with Gasteiger partial charge in [-0.2, -0.15) is 0 Å². The third kappa shape index (κ3) is 16.4. The van der Waals surface area contributed by atoms with Crippen LogP contribution in [0.2, 0.25) is 0 Å². The Labute approximate surface area is 594 Å². The first-order chi connectivity index (χ1) is 53.9. The molecule has 99 heavy (non-hydrogen) atoms. The van der Waals surface area contributed by atoms with Crippen LogP contribution in [-0.4, -0.2) is 180 Å². The Bertz CT molecular complexity index is 4320. The molecule has 6 aromatic rings. The minimum Gasteiger partial charge on any atom is -0.489 e. The Morgan fingerprint density at radius 1 is 0.364 bits per heavy atom. The van der Waals surface area contributed by atoms with Crippen LogP contribution in [-0.2, 0) is 102 Å². The average molecular weight is 1360 g/mol. The van der Waals surface area contributed by atoms with E-state index in [1.165, 1.54) is 18.2 Å². The van der Waals surface area contributed by atoms with Crippen molar-refractivity contribution < 1.29 is 92.1 Å². The lowest BCUT2D eigenvalue weighted by Gasteiger charge is -2.29. The minimum absolute atomic E-state index is 0.121. The second-order valence-corrected chi connectivity index (χ2v) is 24.1. The molecule has 0 saturated carbocycles. The summed E-state index contributed by atoms with van der Waals surface area (Å²) in [5, 5.41) is 5.15. The van der Waals surface area contributed by atoms with Crippen LogP contribution in [0.1, 0.15) is 140 Å². The van der Waals surface area contributed by atoms with Crippen molar-refractivity contribution in [2.24, 2.45) is 0 Å². The minimum atomic E-state index is -3.32. The van der Waals surface area contributed by atoms with Gasteiger partial charge in [0.25, 0.3) is 17.7 Å². The molecule has 6 aromatic carbocycles. The van der Waals surface area contributed by atoms with Gasteiger partial charge in [0.05, 0.1) is 63.4 Å². The van der Waals surface area contributed by atoms with Gasteiger partial charge in [0.1, 0.15) is 55.1 Å². The number of carbonyl (C=O) groups is 9. The van der Waals surface area contributed by atoms with Crippen LogP contribution in [0.4, 0.5) is 0 Å². The highest BCUT2D eigenvalue weighted by atomic mass is 16.5. The van der Waals surface area contributed by atoms with Crippen LogP contribution in [0.15, 0.2) is 127 Å². The molecule has 9 heterocycles. The monoisotopic (exact) mass is 1360 g/mol. The maximum Gasteiger partial charge on any atom is 0.255 e. The molecule has 6 fully saturated rings. The van der Waals surface area contributed by atoms with Crippen molar-refractivity contribution >= 4 is 53.2 Å². The maximum atomic E-state index is 13.2. The predicted molar refractivity (Wildman–Crippen MR) is 358 cm³/mol. The molecule has 516 valence electrons. The molecule has 0 bridgehead atoms. The van der Waals surface area contributed by atoms with Gasteiger partial charge in [0.15, 0.2) is 0 Å². The molecule has 0 aromatic heterocycles. The molecular formula is C75H81N9O15. The molecular weight excluding hydrogens is 1270 g/mol. The molecule has 24 heteroatoms. The van der Waals surface area contributed by atoms with Crippen molar-refractivity contribution in [2.75, 3.05) is 78.9 Å². The highest BCUT2D eigenvalue weighted by Crippen LogP contribution is 2.37. The smallest absolute Gasteiger partial charge is 0.255 e. The fourth-order valence-electron chi connectivity index (χ4n) is 12.3. The van der Waals surface area contributed by atoms with Crippen LogP contribution in [0, 0.1) is 0 Å². The summed E-state index contributed by atoms with van der Waals surface area (Å²) in [4.78, 5) is 123. The molecule has 1 unspecified atom stereocenters. The van der Waals surface area contributed by atoms with Gasteiger partial charge in [0, 0.05) is 128 Å². The Morgan fingerprint density at radius 2 is 0.616 bits per heavy atom. The number of nitrogens with zero attached hydrogens (tertiary/aromatic N) is 6. The topological polar surface area (TPSA) is 265 Å². The summed E-state index contributed by atoms with van der Waals surface area (Å²) in [5.41, 5.74) is 7.59. The molecule has 0 aliphatic carbocycles. The molecule has 9 amide bonds. The molecule has 3 N–H and O–H groups in total. The number of ether oxygens (including phenoxy) is 6. The molecule has 0 spiro atoms. The van der Waals surface area contributed by atoms with Gasteiger partial charge in [-0.05, 0) is 88.9 Å². The van der Waals surface area contributed by atoms with Gasteiger partial charge in [0.2, 0.25) is 35.4 Å². The van der Waals surface area contributed by atoms with E-state index in [0.717, 1.165) is 132 Å². The summed E-state index contributed by atoms with van der Waals surface area (Å²) >= 11 is 0. The standard InChI is InChI=1S/3C25H27N3O5/c3*29-23-9-8-21(24(30)26-23)28-15-20-19(25(28)31)2-1-3-22(20)33-16-18-6-4-17(5-7-18)14-27-10-12-32-13-11-27/h3*1-7,21H,8-16H2,(H,26,29,30)/t2*21-;/m10./s1/i3*8D2,9D2,21D. The normalized spacial score (nSPS) is 28.7. The van der Waals surface area contributed by atoms with E-state index in [2.05, 4.69) is 14.7 Å². The van der Waals surface area contributed by atoms with E-state index in [0.29, 0.717) is 48.6 Å². The molecule has 24 nitrogen and oxygen atoms in total. The molecule has 3 atom stereocenters. The number of benzene rings is 6. The predicted octanol–water partition coefficient (Wildman–Crippen LogP) is 5.58. The second-order valence-electron chi connectivity index (χ2n) is 24.1. The lowest BCUT2D eigenvalue weighted by molar-refractivity contribution is -0.138. The van der Waals surface area contributed by atoms with Gasteiger partial charge in [-0.15, -0.1) is 0 Å². The van der Waals surface area contributed by atoms with E-state index in [4.69, 9.17) is 49.0 Å². The van der Waals surface area contributed by atoms with Crippen molar-refractivity contribution in [1.29, 1.82) is 0 Å². The average Bonchev–Trinajstić information content (AvgIpc) is 1.44.